The van der Waals surface area contributed by atoms with Gasteiger partial charge in [0.25, 0.3) is 0 Å². The molecule has 0 saturated heterocycles. The zero-order valence-corrected chi connectivity index (χ0v) is 12.6. The average molecular weight is 281 g/mol. The normalized spacial score (nSPS) is 12.1. The summed E-state index contributed by atoms with van der Waals surface area (Å²) < 4.78 is 0. The second-order valence-electron chi connectivity index (χ2n) is 6.21. The smallest absolute Gasteiger partial charge is 0.0786 e. The zero-order valence-electron chi connectivity index (χ0n) is 12.6. The van der Waals surface area contributed by atoms with E-state index in [9.17, 15) is 0 Å². The summed E-state index contributed by atoms with van der Waals surface area (Å²) in [6.45, 7) is 4.25. The number of fused-ring (bicyclic) bond motifs is 2. The van der Waals surface area contributed by atoms with Crippen LogP contribution in [-0.2, 0) is 0 Å². The molecule has 1 heteroatoms. The van der Waals surface area contributed by atoms with Gasteiger partial charge in [0.05, 0.1) is 5.52 Å². The Hall–Kier alpha value is -2.67. The van der Waals surface area contributed by atoms with Crippen LogP contribution in [0.4, 0.5) is 0 Å². The van der Waals surface area contributed by atoms with Crippen molar-refractivity contribution in [2.75, 3.05) is 0 Å². The monoisotopic (exact) mass is 281 g/mol. The molecule has 4 aromatic carbocycles. The Balaban J connectivity index is 2.19. The second-order valence-corrected chi connectivity index (χ2v) is 6.21. The molecule has 1 aromatic heterocycles. The Labute approximate surface area is 128 Å². The van der Waals surface area contributed by atoms with Gasteiger partial charge in [-0.05, 0) is 58.5 Å². The van der Waals surface area contributed by atoms with E-state index in [0.717, 1.165) is 11.2 Å². The topological polar surface area (TPSA) is 12.9 Å². The van der Waals surface area contributed by atoms with E-state index in [1.807, 2.05) is 0 Å². The quantitative estimate of drug-likeness (QED) is 0.260. The predicted octanol–water partition coefficient (Wildman–Crippen LogP) is 5.75. The molecule has 0 spiro atoms. The van der Waals surface area contributed by atoms with Gasteiger partial charge in [0.1, 0.15) is 0 Å². The largest absolute Gasteiger partial charge is 0.252 e. The highest BCUT2D eigenvalue weighted by atomic mass is 14.7. The molecule has 0 aliphatic carbocycles. The van der Waals surface area contributed by atoms with E-state index in [1.165, 1.54) is 43.3 Å². The Morgan fingerprint density at radius 3 is 2.23 bits per heavy atom. The molecule has 0 aliphatic rings. The fourth-order valence-electron chi connectivity index (χ4n) is 3.82. The summed E-state index contributed by atoms with van der Waals surface area (Å²) in [4.78, 5) is 4.84. The number of aromatic nitrogens is 1. The van der Waals surface area contributed by atoms with Crippen LogP contribution in [0.15, 0.2) is 54.6 Å². The van der Waals surface area contributed by atoms with Gasteiger partial charge in [0.2, 0.25) is 0 Å². The molecule has 104 valence electrons. The van der Waals surface area contributed by atoms with Crippen LogP contribution in [0, 0.1) is 13.8 Å². The molecule has 0 atom stereocenters. The van der Waals surface area contributed by atoms with E-state index in [1.54, 1.807) is 0 Å². The maximum absolute atomic E-state index is 4.84. The van der Waals surface area contributed by atoms with Gasteiger partial charge in [0, 0.05) is 16.5 Å². The highest BCUT2D eigenvalue weighted by molar-refractivity contribution is 6.28. The van der Waals surface area contributed by atoms with Gasteiger partial charge in [-0.25, -0.2) is 0 Å². The summed E-state index contributed by atoms with van der Waals surface area (Å²) in [5, 5.41) is 9.15. The van der Waals surface area contributed by atoms with Gasteiger partial charge in [-0.1, -0.05) is 42.5 Å². The highest BCUT2D eigenvalue weighted by Gasteiger charge is 2.12. The number of benzene rings is 4. The Bertz CT molecular complexity index is 1170. The first-order chi connectivity index (χ1) is 10.7. The lowest BCUT2D eigenvalue weighted by molar-refractivity contribution is 1.24. The van der Waals surface area contributed by atoms with E-state index in [-0.39, 0.29) is 0 Å². The number of rotatable bonds is 0. The van der Waals surface area contributed by atoms with Crippen LogP contribution in [-0.4, -0.2) is 4.98 Å². The summed E-state index contributed by atoms with van der Waals surface area (Å²) >= 11 is 0. The van der Waals surface area contributed by atoms with Gasteiger partial charge < -0.3 is 0 Å². The number of nitrogens with zero attached hydrogens (tertiary/aromatic N) is 1. The molecule has 0 bridgehead atoms. The maximum Gasteiger partial charge on any atom is 0.0786 e. The number of aryl methyl sites for hydroxylation is 2. The second kappa shape index (κ2) is 3.95. The fourth-order valence-corrected chi connectivity index (χ4v) is 3.82. The van der Waals surface area contributed by atoms with Crippen molar-refractivity contribution in [2.45, 2.75) is 13.8 Å². The van der Waals surface area contributed by atoms with Crippen molar-refractivity contribution in [3.63, 3.8) is 0 Å². The molecule has 1 heterocycles. The molecule has 0 amide bonds. The van der Waals surface area contributed by atoms with Crippen molar-refractivity contribution in [1.29, 1.82) is 0 Å². The standard InChI is InChI=1S/C21H15N/c1-12-10-13(2)22-21-17-9-8-15-5-3-4-14-6-7-16(11-18(12)21)20(17)19(14)15/h3-11H,1-2H3. The molecule has 22 heavy (non-hydrogen) atoms. The molecule has 1 nitrogen and oxygen atoms in total. The Morgan fingerprint density at radius 2 is 1.41 bits per heavy atom. The molecular formula is C21H15N. The molecular weight excluding hydrogens is 266 g/mol. The van der Waals surface area contributed by atoms with Crippen LogP contribution in [0.1, 0.15) is 11.3 Å². The van der Waals surface area contributed by atoms with E-state index in [2.05, 4.69) is 68.4 Å². The first-order valence-electron chi connectivity index (χ1n) is 7.67. The van der Waals surface area contributed by atoms with Crippen LogP contribution in [0.3, 0.4) is 0 Å². The van der Waals surface area contributed by atoms with Gasteiger partial charge in [-0.2, -0.15) is 0 Å². The van der Waals surface area contributed by atoms with Crippen molar-refractivity contribution < 1.29 is 0 Å². The van der Waals surface area contributed by atoms with E-state index in [0.29, 0.717) is 0 Å². The van der Waals surface area contributed by atoms with Crippen LogP contribution < -0.4 is 0 Å². The average Bonchev–Trinajstić information content (AvgIpc) is 2.52. The zero-order chi connectivity index (χ0) is 14.8. The molecule has 0 radical (unpaired) electrons. The molecule has 5 rings (SSSR count). The first-order valence-corrected chi connectivity index (χ1v) is 7.67. The fraction of sp³-hybridized carbons (Fsp3) is 0.0952. The highest BCUT2D eigenvalue weighted by Crippen LogP contribution is 2.38. The van der Waals surface area contributed by atoms with E-state index < -0.39 is 0 Å². The van der Waals surface area contributed by atoms with E-state index in [4.69, 9.17) is 4.98 Å². The minimum atomic E-state index is 1.08. The third kappa shape index (κ3) is 1.41. The molecule has 0 fully saturated rings. The SMILES string of the molecule is Cc1cc(C)c2cc3ccc4cccc5ccc(c2n1)c3c45. The molecule has 0 unspecified atom stereocenters. The van der Waals surface area contributed by atoms with Gasteiger partial charge >= 0.3 is 0 Å². The molecule has 5 aromatic rings. The van der Waals surface area contributed by atoms with Crippen LogP contribution in [0.2, 0.25) is 0 Å². The number of hydrogen-bond acceptors (Lipinski definition) is 1. The van der Waals surface area contributed by atoms with Crippen molar-refractivity contribution in [2.24, 2.45) is 0 Å². The van der Waals surface area contributed by atoms with Crippen LogP contribution in [0.25, 0.3) is 43.2 Å². The lowest BCUT2D eigenvalue weighted by Crippen LogP contribution is -1.91. The lowest BCUT2D eigenvalue weighted by atomic mass is 9.91. The van der Waals surface area contributed by atoms with Crippen molar-refractivity contribution in [3.8, 4) is 0 Å². The summed E-state index contributed by atoms with van der Waals surface area (Å²) in [5.74, 6) is 0. The Kier molecular flexibility index (Phi) is 2.14. The Morgan fingerprint density at radius 1 is 0.682 bits per heavy atom. The number of pyridine rings is 1. The van der Waals surface area contributed by atoms with Crippen molar-refractivity contribution in [1.82, 2.24) is 4.98 Å². The summed E-state index contributed by atoms with van der Waals surface area (Å²) in [5.41, 5.74) is 3.51. The minimum absolute atomic E-state index is 1.08. The lowest BCUT2D eigenvalue weighted by Gasteiger charge is -2.14. The summed E-state index contributed by atoms with van der Waals surface area (Å²) in [7, 11) is 0. The number of hydrogen-bond donors (Lipinski definition) is 0. The minimum Gasteiger partial charge on any atom is -0.252 e. The molecule has 0 saturated carbocycles. The van der Waals surface area contributed by atoms with E-state index >= 15 is 0 Å². The van der Waals surface area contributed by atoms with Crippen molar-refractivity contribution in [3.05, 3.63) is 65.9 Å². The van der Waals surface area contributed by atoms with Gasteiger partial charge in [0.15, 0.2) is 0 Å². The summed E-state index contributed by atoms with van der Waals surface area (Å²) in [6, 6.07) is 19.9. The molecule has 0 N–H and O–H groups in total. The third-order valence-electron chi connectivity index (χ3n) is 4.76. The van der Waals surface area contributed by atoms with Gasteiger partial charge in [-0.3, -0.25) is 4.98 Å². The molecule has 0 aliphatic heterocycles. The van der Waals surface area contributed by atoms with Crippen molar-refractivity contribution >= 4 is 43.2 Å². The van der Waals surface area contributed by atoms with Gasteiger partial charge in [-0.15, -0.1) is 0 Å². The summed E-state index contributed by atoms with van der Waals surface area (Å²) in [6.07, 6.45) is 0. The van der Waals surface area contributed by atoms with Crippen LogP contribution >= 0.6 is 0 Å². The maximum atomic E-state index is 4.84. The van der Waals surface area contributed by atoms with Crippen LogP contribution in [0.5, 0.6) is 0 Å². The first kappa shape index (κ1) is 11.9. The third-order valence-corrected chi connectivity index (χ3v) is 4.76. The predicted molar refractivity (Wildman–Crippen MR) is 94.9 cm³/mol.